The number of hydrogen-bond donors (Lipinski definition) is 2. The van der Waals surface area contributed by atoms with Gasteiger partial charge in [-0.25, -0.2) is 14.8 Å². The Morgan fingerprint density at radius 2 is 1.89 bits per heavy atom. The molecule has 0 radical (unpaired) electrons. The van der Waals surface area contributed by atoms with E-state index in [0.29, 0.717) is 39.8 Å². The first-order chi connectivity index (χ1) is 17.5. The normalized spacial score (nSPS) is 11.7. The van der Waals surface area contributed by atoms with Crippen molar-refractivity contribution in [2.75, 3.05) is 7.11 Å². The highest BCUT2D eigenvalue weighted by Crippen LogP contribution is 2.41. The fraction of sp³-hybridized carbons (Fsp3) is 0.250. The molecule has 9 nitrogen and oxygen atoms in total. The number of nitrogens with one attached hydrogen (secondary N) is 1. The van der Waals surface area contributed by atoms with Crippen molar-refractivity contribution in [2.45, 2.75) is 40.0 Å². The van der Waals surface area contributed by atoms with Gasteiger partial charge in [0.25, 0.3) is 0 Å². The summed E-state index contributed by atoms with van der Waals surface area (Å²) in [6, 6.07) is 11.1. The van der Waals surface area contributed by atoms with Gasteiger partial charge in [-0.1, -0.05) is 5.16 Å². The number of nitriles is 1. The molecule has 186 valence electrons. The first-order valence-corrected chi connectivity index (χ1v) is 11.7. The molecule has 0 atom stereocenters. The van der Waals surface area contributed by atoms with Gasteiger partial charge in [-0.3, -0.25) is 0 Å². The smallest absolute Gasteiger partial charge is 0.335 e. The Bertz CT molecular complexity index is 1750. The van der Waals surface area contributed by atoms with Crippen molar-refractivity contribution in [2.24, 2.45) is 0 Å². The number of aryl methyl sites for hydroxylation is 3. The standard InChI is InChI=1S/C28H25N5O4/c1-13-23(14(2)37-33-13)20-10-21-19(11-22(20)36-6)24-25(30-15(3)31-26(24)32-21)16-7-17(27(34)35)9-18(8-16)28(4,5)12-29/h7-11H,1-6H3,(H,34,35)(H,30,31,32). The van der Waals surface area contributed by atoms with Crippen molar-refractivity contribution < 1.29 is 19.2 Å². The number of fused-ring (bicyclic) bond motifs is 3. The van der Waals surface area contributed by atoms with E-state index in [1.807, 2.05) is 32.0 Å². The SMILES string of the molecule is COc1cc2c(cc1-c1c(C)noc1C)[nH]c1nc(C)nc(-c3cc(C(=O)O)cc(C(C)(C)C#N)c3)c12. The lowest BCUT2D eigenvalue weighted by molar-refractivity contribution is 0.0696. The van der Waals surface area contributed by atoms with Gasteiger partial charge in [-0.15, -0.1) is 0 Å². The van der Waals surface area contributed by atoms with E-state index >= 15 is 0 Å². The Morgan fingerprint density at radius 1 is 1.14 bits per heavy atom. The van der Waals surface area contributed by atoms with Crippen LogP contribution in [0.1, 0.15) is 47.0 Å². The fourth-order valence-corrected chi connectivity index (χ4v) is 4.69. The van der Waals surface area contributed by atoms with Crippen LogP contribution in [-0.2, 0) is 5.41 Å². The Hall–Kier alpha value is -4.71. The molecule has 0 amide bonds. The minimum absolute atomic E-state index is 0.0818. The van der Waals surface area contributed by atoms with Gasteiger partial charge >= 0.3 is 5.97 Å². The minimum atomic E-state index is -1.08. The van der Waals surface area contributed by atoms with Gasteiger partial charge in [0.05, 0.1) is 46.5 Å². The third kappa shape index (κ3) is 3.87. The van der Waals surface area contributed by atoms with Crippen LogP contribution in [-0.4, -0.2) is 38.3 Å². The lowest BCUT2D eigenvalue weighted by atomic mass is 9.84. The Kier molecular flexibility index (Phi) is 5.48. The van der Waals surface area contributed by atoms with Gasteiger partial charge in [0.1, 0.15) is 23.0 Å². The highest BCUT2D eigenvalue weighted by Gasteiger charge is 2.25. The van der Waals surface area contributed by atoms with E-state index in [9.17, 15) is 15.2 Å². The van der Waals surface area contributed by atoms with Gasteiger partial charge in [-0.2, -0.15) is 5.26 Å². The summed E-state index contributed by atoms with van der Waals surface area (Å²) >= 11 is 0. The highest BCUT2D eigenvalue weighted by atomic mass is 16.5. The molecular formula is C28H25N5O4. The maximum absolute atomic E-state index is 12.0. The number of H-pyrrole nitrogens is 1. The second-order valence-electron chi connectivity index (χ2n) is 9.61. The van der Waals surface area contributed by atoms with Crippen LogP contribution in [0.2, 0.25) is 0 Å². The van der Waals surface area contributed by atoms with Gasteiger partial charge in [0.15, 0.2) is 0 Å². The molecule has 2 N–H and O–H groups in total. The number of nitrogens with zero attached hydrogens (tertiary/aromatic N) is 4. The van der Waals surface area contributed by atoms with Gasteiger partial charge in [0.2, 0.25) is 0 Å². The summed E-state index contributed by atoms with van der Waals surface area (Å²) in [6.45, 7) is 9.03. The first-order valence-electron chi connectivity index (χ1n) is 11.7. The predicted molar refractivity (Wildman–Crippen MR) is 139 cm³/mol. The second-order valence-corrected chi connectivity index (χ2v) is 9.61. The van der Waals surface area contributed by atoms with E-state index in [2.05, 4.69) is 21.2 Å². The zero-order chi connectivity index (χ0) is 26.6. The summed E-state index contributed by atoms with van der Waals surface area (Å²) in [6.07, 6.45) is 0. The van der Waals surface area contributed by atoms with Crippen LogP contribution in [0.5, 0.6) is 5.75 Å². The summed E-state index contributed by atoms with van der Waals surface area (Å²) in [4.78, 5) is 24.7. The molecule has 5 aromatic rings. The Labute approximate surface area is 212 Å². The zero-order valence-electron chi connectivity index (χ0n) is 21.3. The third-order valence-electron chi connectivity index (χ3n) is 6.64. The monoisotopic (exact) mass is 495 g/mol. The number of carboxylic acids is 1. The van der Waals surface area contributed by atoms with E-state index in [-0.39, 0.29) is 5.56 Å². The number of methoxy groups -OCH3 is 1. The number of ether oxygens (including phenoxy) is 1. The maximum Gasteiger partial charge on any atom is 0.335 e. The predicted octanol–water partition coefficient (Wildman–Crippen LogP) is 5.87. The maximum atomic E-state index is 12.0. The van der Waals surface area contributed by atoms with E-state index < -0.39 is 11.4 Å². The topological polar surface area (TPSA) is 138 Å². The summed E-state index contributed by atoms with van der Waals surface area (Å²) < 4.78 is 11.1. The molecule has 0 unspecified atom stereocenters. The van der Waals surface area contributed by atoms with Crippen LogP contribution in [0.3, 0.4) is 0 Å². The van der Waals surface area contributed by atoms with Crippen LogP contribution >= 0.6 is 0 Å². The second kappa shape index (κ2) is 8.45. The molecule has 0 aliphatic heterocycles. The van der Waals surface area contributed by atoms with Crippen molar-refractivity contribution in [3.8, 4) is 34.2 Å². The third-order valence-corrected chi connectivity index (χ3v) is 6.64. The quantitative estimate of drug-likeness (QED) is 0.309. The van der Waals surface area contributed by atoms with Crippen LogP contribution in [0.4, 0.5) is 0 Å². The average molecular weight is 496 g/mol. The summed E-state index contributed by atoms with van der Waals surface area (Å²) in [5.41, 5.74) is 4.78. The fourth-order valence-electron chi connectivity index (χ4n) is 4.69. The number of benzene rings is 2. The number of hydrogen-bond acceptors (Lipinski definition) is 7. The largest absolute Gasteiger partial charge is 0.496 e. The van der Waals surface area contributed by atoms with E-state index in [0.717, 1.165) is 33.1 Å². The molecule has 3 heterocycles. The van der Waals surface area contributed by atoms with Crippen molar-refractivity contribution in [1.29, 1.82) is 5.26 Å². The van der Waals surface area contributed by atoms with E-state index in [4.69, 9.17) is 14.2 Å². The molecule has 3 aromatic heterocycles. The van der Waals surface area contributed by atoms with Gasteiger partial charge in [-0.05, 0) is 70.5 Å². The highest BCUT2D eigenvalue weighted by molar-refractivity contribution is 6.13. The molecule has 2 aromatic carbocycles. The van der Waals surface area contributed by atoms with Crippen LogP contribution in [0.25, 0.3) is 44.3 Å². The number of aromatic nitrogens is 4. The first kappa shape index (κ1) is 24.0. The van der Waals surface area contributed by atoms with Crippen molar-refractivity contribution in [3.05, 3.63) is 58.7 Å². The number of aromatic amines is 1. The number of rotatable bonds is 5. The van der Waals surface area contributed by atoms with Crippen molar-refractivity contribution in [1.82, 2.24) is 20.1 Å². The lowest BCUT2D eigenvalue weighted by Gasteiger charge is -2.18. The van der Waals surface area contributed by atoms with Crippen molar-refractivity contribution >= 4 is 27.9 Å². The van der Waals surface area contributed by atoms with E-state index in [1.165, 1.54) is 6.07 Å². The molecular weight excluding hydrogens is 470 g/mol. The van der Waals surface area contributed by atoms with Gasteiger partial charge < -0.3 is 19.4 Å². The van der Waals surface area contributed by atoms with Crippen LogP contribution < -0.4 is 4.74 Å². The summed E-state index contributed by atoms with van der Waals surface area (Å²) in [5.74, 6) is 0.748. The van der Waals surface area contributed by atoms with Crippen molar-refractivity contribution in [3.63, 3.8) is 0 Å². The average Bonchev–Trinajstić information content (AvgIpc) is 3.39. The molecule has 0 bridgehead atoms. The molecule has 5 rings (SSSR count). The molecule has 0 aliphatic rings. The Balaban J connectivity index is 1.85. The Morgan fingerprint density at radius 3 is 2.51 bits per heavy atom. The molecule has 0 saturated heterocycles. The van der Waals surface area contributed by atoms with E-state index in [1.54, 1.807) is 33.9 Å². The molecule has 0 fully saturated rings. The minimum Gasteiger partial charge on any atom is -0.496 e. The molecule has 37 heavy (non-hydrogen) atoms. The molecule has 0 aliphatic carbocycles. The summed E-state index contributed by atoms with van der Waals surface area (Å²) in [5, 5.41) is 25.1. The zero-order valence-corrected chi connectivity index (χ0v) is 21.3. The number of carbonyl (C=O) groups is 1. The number of aromatic carboxylic acids is 1. The number of carboxylic acid groups (broad SMARTS) is 1. The van der Waals surface area contributed by atoms with Crippen LogP contribution in [0, 0.1) is 32.1 Å². The molecule has 0 saturated carbocycles. The van der Waals surface area contributed by atoms with Crippen LogP contribution in [0.15, 0.2) is 34.9 Å². The molecule has 9 heteroatoms. The van der Waals surface area contributed by atoms with Gasteiger partial charge in [0, 0.05) is 22.0 Å². The summed E-state index contributed by atoms with van der Waals surface area (Å²) in [7, 11) is 1.60. The molecule has 0 spiro atoms. The lowest BCUT2D eigenvalue weighted by Crippen LogP contribution is -2.15.